The molecule has 0 saturated heterocycles. The SMILES string of the molecule is CCCC[C@H]1C2=C[C@H](C(C)C)N(S(=O)(=O)c3c(C)cc(C)cc3C)C[C@H]2[C@@H]1c1ccccc1. The Bertz CT molecular complexity index is 1110. The summed E-state index contributed by atoms with van der Waals surface area (Å²) in [6, 6.07) is 14.6. The summed E-state index contributed by atoms with van der Waals surface area (Å²) >= 11 is 0. The molecule has 0 N–H and O–H groups in total. The van der Waals surface area contributed by atoms with Crippen LogP contribution in [0.25, 0.3) is 0 Å². The van der Waals surface area contributed by atoms with Gasteiger partial charge < -0.3 is 0 Å². The highest BCUT2D eigenvalue weighted by Crippen LogP contribution is 2.57. The van der Waals surface area contributed by atoms with E-state index in [-0.39, 0.29) is 17.9 Å². The number of hydrogen-bond acceptors (Lipinski definition) is 2. The summed E-state index contributed by atoms with van der Waals surface area (Å²) in [6.45, 7) is 13.0. The van der Waals surface area contributed by atoms with Crippen molar-refractivity contribution in [1.29, 1.82) is 0 Å². The predicted molar refractivity (Wildman–Crippen MR) is 137 cm³/mol. The number of fused-ring (bicyclic) bond motifs is 1. The second-order valence-electron chi connectivity index (χ2n) is 10.5. The van der Waals surface area contributed by atoms with Gasteiger partial charge in [-0.15, -0.1) is 0 Å². The molecule has 2 aromatic rings. The van der Waals surface area contributed by atoms with E-state index in [0.717, 1.165) is 16.7 Å². The van der Waals surface area contributed by atoms with Crippen LogP contribution in [0.3, 0.4) is 0 Å². The quantitative estimate of drug-likeness (QED) is 0.422. The van der Waals surface area contributed by atoms with Crippen LogP contribution in [-0.4, -0.2) is 25.3 Å². The van der Waals surface area contributed by atoms with Crippen molar-refractivity contribution < 1.29 is 8.42 Å². The molecule has 1 saturated carbocycles. The third kappa shape index (κ3) is 4.33. The van der Waals surface area contributed by atoms with Crippen molar-refractivity contribution >= 4 is 10.0 Å². The van der Waals surface area contributed by atoms with Crippen LogP contribution in [0.2, 0.25) is 0 Å². The van der Waals surface area contributed by atoms with Gasteiger partial charge in [0.2, 0.25) is 10.0 Å². The molecule has 2 aromatic carbocycles. The van der Waals surface area contributed by atoms with Crippen LogP contribution >= 0.6 is 0 Å². The van der Waals surface area contributed by atoms with Crippen molar-refractivity contribution in [3.63, 3.8) is 0 Å². The summed E-state index contributed by atoms with van der Waals surface area (Å²) in [6.07, 6.45) is 5.92. The molecule has 2 aliphatic rings. The predicted octanol–water partition coefficient (Wildman–Crippen LogP) is 6.79. The molecular formula is C29H39NO2S. The first-order chi connectivity index (χ1) is 15.7. The van der Waals surface area contributed by atoms with Gasteiger partial charge in [-0.2, -0.15) is 4.31 Å². The van der Waals surface area contributed by atoms with E-state index in [0.29, 0.717) is 23.3 Å². The Morgan fingerprint density at radius 3 is 2.24 bits per heavy atom. The summed E-state index contributed by atoms with van der Waals surface area (Å²) in [4.78, 5) is 0.494. The lowest BCUT2D eigenvalue weighted by atomic mass is 9.55. The van der Waals surface area contributed by atoms with Crippen LogP contribution in [0.5, 0.6) is 0 Å². The molecule has 3 nitrogen and oxygen atoms in total. The first kappa shape index (κ1) is 24.2. The molecule has 1 aliphatic heterocycles. The molecule has 33 heavy (non-hydrogen) atoms. The second kappa shape index (κ2) is 9.38. The third-order valence-corrected chi connectivity index (χ3v) is 9.87. The van der Waals surface area contributed by atoms with Gasteiger partial charge in [0.15, 0.2) is 0 Å². The van der Waals surface area contributed by atoms with Gasteiger partial charge in [-0.25, -0.2) is 8.42 Å². The van der Waals surface area contributed by atoms with E-state index in [1.165, 1.54) is 30.4 Å². The molecule has 1 fully saturated rings. The van der Waals surface area contributed by atoms with Crippen LogP contribution < -0.4 is 0 Å². The lowest BCUT2D eigenvalue weighted by Gasteiger charge is -2.54. The molecule has 178 valence electrons. The van der Waals surface area contributed by atoms with Gasteiger partial charge in [0.05, 0.1) is 4.90 Å². The molecule has 0 aromatic heterocycles. The van der Waals surface area contributed by atoms with E-state index in [2.05, 4.69) is 57.2 Å². The van der Waals surface area contributed by atoms with Crippen LogP contribution in [0.1, 0.15) is 68.2 Å². The molecule has 0 radical (unpaired) electrons. The summed E-state index contributed by atoms with van der Waals surface area (Å²) in [7, 11) is -3.61. The van der Waals surface area contributed by atoms with Crippen LogP contribution in [0, 0.1) is 38.5 Å². The Morgan fingerprint density at radius 2 is 1.67 bits per heavy atom. The number of sulfonamides is 1. The van der Waals surface area contributed by atoms with Gasteiger partial charge in [-0.1, -0.05) is 93.3 Å². The summed E-state index contributed by atoms with van der Waals surface area (Å²) in [5, 5.41) is 0. The maximum atomic E-state index is 14.1. The molecule has 4 atom stereocenters. The highest BCUT2D eigenvalue weighted by atomic mass is 32.2. The van der Waals surface area contributed by atoms with E-state index in [1.54, 1.807) is 0 Å². The number of unbranched alkanes of at least 4 members (excludes halogenated alkanes) is 1. The van der Waals surface area contributed by atoms with Crippen molar-refractivity contribution in [3.8, 4) is 0 Å². The standard InChI is InChI=1S/C29H39NO2S/c1-7-8-14-24-25-17-27(19(2)3)30(18-26(25)28(24)23-12-10-9-11-13-23)33(31,32)29-21(5)15-20(4)16-22(29)6/h9-13,15-17,19,24,26-28H,7-8,14,18H2,1-6H3/t24-,26+,27+,28+/m0/s1. The van der Waals surface area contributed by atoms with Crippen LogP contribution in [0.15, 0.2) is 59.0 Å². The van der Waals surface area contributed by atoms with Gasteiger partial charge >= 0.3 is 0 Å². The molecular weight excluding hydrogens is 426 g/mol. The van der Waals surface area contributed by atoms with Crippen molar-refractivity contribution in [2.24, 2.45) is 17.8 Å². The van der Waals surface area contributed by atoms with Gasteiger partial charge in [0, 0.05) is 18.5 Å². The Balaban J connectivity index is 1.77. The van der Waals surface area contributed by atoms with E-state index >= 15 is 0 Å². The minimum atomic E-state index is -3.61. The normalized spacial score (nSPS) is 25.5. The Morgan fingerprint density at radius 1 is 1.03 bits per heavy atom. The van der Waals surface area contributed by atoms with Crippen LogP contribution in [-0.2, 0) is 10.0 Å². The fourth-order valence-electron chi connectivity index (χ4n) is 6.30. The summed E-state index contributed by atoms with van der Waals surface area (Å²) in [5.41, 5.74) is 5.65. The fraction of sp³-hybridized carbons (Fsp3) is 0.517. The largest absolute Gasteiger partial charge is 0.244 e. The number of rotatable bonds is 7. The molecule has 4 rings (SSSR count). The maximum absolute atomic E-state index is 14.1. The van der Waals surface area contributed by atoms with E-state index in [9.17, 15) is 8.42 Å². The monoisotopic (exact) mass is 465 g/mol. The Kier molecular flexibility index (Phi) is 6.89. The second-order valence-corrected chi connectivity index (χ2v) is 12.3. The average Bonchev–Trinajstić information content (AvgIpc) is 2.73. The van der Waals surface area contributed by atoms with E-state index < -0.39 is 10.0 Å². The van der Waals surface area contributed by atoms with Crippen molar-refractivity contribution in [1.82, 2.24) is 4.31 Å². The minimum Gasteiger partial charge on any atom is -0.207 e. The lowest BCUT2D eigenvalue weighted by Crippen LogP contribution is -2.55. The highest BCUT2D eigenvalue weighted by Gasteiger charge is 2.52. The van der Waals surface area contributed by atoms with Crippen LogP contribution in [0.4, 0.5) is 0 Å². The molecule has 0 unspecified atom stereocenters. The lowest BCUT2D eigenvalue weighted by molar-refractivity contribution is 0.149. The molecule has 4 heteroatoms. The Hall–Kier alpha value is -1.91. The van der Waals surface area contributed by atoms with Gasteiger partial charge in [-0.3, -0.25) is 0 Å². The first-order valence-electron chi connectivity index (χ1n) is 12.5. The first-order valence-corrected chi connectivity index (χ1v) is 14.0. The summed E-state index contributed by atoms with van der Waals surface area (Å²) < 4.78 is 30.1. The maximum Gasteiger partial charge on any atom is 0.244 e. The third-order valence-electron chi connectivity index (χ3n) is 7.70. The summed E-state index contributed by atoms with van der Waals surface area (Å²) in [5.74, 6) is 1.42. The number of nitrogens with zero attached hydrogens (tertiary/aromatic N) is 1. The number of hydrogen-bond donors (Lipinski definition) is 0. The van der Waals surface area contributed by atoms with Gasteiger partial charge in [0.1, 0.15) is 0 Å². The zero-order valence-electron chi connectivity index (χ0n) is 21.0. The molecule has 0 spiro atoms. The zero-order valence-corrected chi connectivity index (χ0v) is 21.8. The number of benzene rings is 2. The Labute approximate surface area is 201 Å². The zero-order chi connectivity index (χ0) is 23.9. The highest BCUT2D eigenvalue weighted by molar-refractivity contribution is 7.89. The molecule has 1 aliphatic carbocycles. The van der Waals surface area contributed by atoms with E-state index in [4.69, 9.17) is 0 Å². The van der Waals surface area contributed by atoms with Crippen molar-refractivity contribution in [3.05, 3.63) is 76.4 Å². The van der Waals surface area contributed by atoms with Crippen molar-refractivity contribution in [2.75, 3.05) is 6.54 Å². The van der Waals surface area contributed by atoms with Crippen molar-refractivity contribution in [2.45, 2.75) is 77.7 Å². The smallest absolute Gasteiger partial charge is 0.207 e. The fourth-order valence-corrected chi connectivity index (χ4v) is 8.45. The van der Waals surface area contributed by atoms with E-state index in [1.807, 2.05) is 37.2 Å². The average molecular weight is 466 g/mol. The molecule has 0 amide bonds. The van der Waals surface area contributed by atoms with Gasteiger partial charge in [-0.05, 0) is 61.6 Å². The molecule has 1 heterocycles. The minimum absolute atomic E-state index is 0.0952. The topological polar surface area (TPSA) is 37.4 Å². The van der Waals surface area contributed by atoms with Gasteiger partial charge in [0.25, 0.3) is 0 Å². The number of aryl methyl sites for hydroxylation is 3. The molecule has 0 bridgehead atoms.